The third-order valence-electron chi connectivity index (χ3n) is 5.38. The number of aromatic amines is 1. The molecule has 2 amide bonds. The first-order valence-corrected chi connectivity index (χ1v) is 9.97. The quantitative estimate of drug-likeness (QED) is 0.833. The third kappa shape index (κ3) is 4.55. The van der Waals surface area contributed by atoms with Gasteiger partial charge in [-0.15, -0.1) is 0 Å². The van der Waals surface area contributed by atoms with Gasteiger partial charge in [-0.3, -0.25) is 14.5 Å². The highest BCUT2D eigenvalue weighted by Gasteiger charge is 2.34. The van der Waals surface area contributed by atoms with Crippen molar-refractivity contribution in [3.8, 4) is 0 Å². The van der Waals surface area contributed by atoms with Crippen LogP contribution in [0.5, 0.6) is 0 Å². The number of aromatic nitrogens is 1. The Balaban J connectivity index is 1.69. The largest absolute Gasteiger partial charge is 0.357 e. The fourth-order valence-electron chi connectivity index (χ4n) is 3.93. The SMILES string of the molecule is Cc1c(CN(C)C(=O)C[C@@H]2C(=O)NCCN2CC(C)(C)C)[nH]c2ccccc12. The van der Waals surface area contributed by atoms with Gasteiger partial charge in [0.15, 0.2) is 0 Å². The van der Waals surface area contributed by atoms with Gasteiger partial charge in [0.1, 0.15) is 0 Å². The van der Waals surface area contributed by atoms with E-state index in [1.54, 1.807) is 4.90 Å². The second kappa shape index (κ2) is 7.95. The van der Waals surface area contributed by atoms with E-state index >= 15 is 0 Å². The summed E-state index contributed by atoms with van der Waals surface area (Å²) in [7, 11) is 1.81. The van der Waals surface area contributed by atoms with Crippen molar-refractivity contribution < 1.29 is 9.59 Å². The van der Waals surface area contributed by atoms with Crippen LogP contribution in [-0.2, 0) is 16.1 Å². The second-order valence-electron chi connectivity index (χ2n) is 9.07. The number of nitrogens with zero attached hydrogens (tertiary/aromatic N) is 2. The van der Waals surface area contributed by atoms with Crippen molar-refractivity contribution >= 4 is 22.7 Å². The minimum atomic E-state index is -0.397. The first-order valence-electron chi connectivity index (χ1n) is 9.97. The topological polar surface area (TPSA) is 68.4 Å². The first-order chi connectivity index (χ1) is 13.2. The number of H-pyrrole nitrogens is 1. The molecule has 6 heteroatoms. The average Bonchev–Trinajstić information content (AvgIpc) is 2.92. The van der Waals surface area contributed by atoms with Crippen LogP contribution < -0.4 is 5.32 Å². The standard InChI is InChI=1S/C22H32N4O2/c1-15-16-8-6-7-9-17(16)24-18(15)13-25(5)20(27)12-19-21(28)23-10-11-26(19)14-22(2,3)4/h6-9,19,24H,10-14H2,1-5H3,(H,23,28)/t19-/m1/s1. The molecule has 1 aliphatic heterocycles. The van der Waals surface area contributed by atoms with Crippen LogP contribution in [0.4, 0.5) is 0 Å². The zero-order chi connectivity index (χ0) is 20.5. The van der Waals surface area contributed by atoms with Crippen LogP contribution in [0.25, 0.3) is 10.9 Å². The van der Waals surface area contributed by atoms with Crippen LogP contribution in [-0.4, -0.2) is 59.3 Å². The lowest BCUT2D eigenvalue weighted by Crippen LogP contribution is -2.58. The number of fused-ring (bicyclic) bond motifs is 1. The van der Waals surface area contributed by atoms with Gasteiger partial charge in [-0.1, -0.05) is 39.0 Å². The number of rotatable bonds is 5. The Kier molecular flexibility index (Phi) is 5.79. The van der Waals surface area contributed by atoms with Gasteiger partial charge >= 0.3 is 0 Å². The molecular formula is C22H32N4O2. The maximum Gasteiger partial charge on any atom is 0.237 e. The molecule has 0 aliphatic carbocycles. The highest BCUT2D eigenvalue weighted by atomic mass is 16.2. The molecule has 2 aromatic rings. The van der Waals surface area contributed by atoms with Crippen LogP contribution in [0.2, 0.25) is 0 Å². The van der Waals surface area contributed by atoms with Crippen molar-refractivity contribution in [1.82, 2.24) is 20.1 Å². The predicted octanol–water partition coefficient (Wildman–Crippen LogP) is 2.67. The molecule has 3 rings (SSSR count). The number of para-hydroxylation sites is 1. The third-order valence-corrected chi connectivity index (χ3v) is 5.38. The molecule has 1 aliphatic rings. The maximum absolute atomic E-state index is 12.9. The number of piperazine rings is 1. The summed E-state index contributed by atoms with van der Waals surface area (Å²) in [6, 6.07) is 7.76. The summed E-state index contributed by atoms with van der Waals surface area (Å²) < 4.78 is 0. The lowest BCUT2D eigenvalue weighted by Gasteiger charge is -2.39. The van der Waals surface area contributed by atoms with E-state index in [0.29, 0.717) is 13.1 Å². The number of aryl methyl sites for hydroxylation is 1. The Morgan fingerprint density at radius 3 is 2.68 bits per heavy atom. The van der Waals surface area contributed by atoms with E-state index in [-0.39, 0.29) is 23.7 Å². The van der Waals surface area contributed by atoms with E-state index in [1.807, 2.05) is 25.2 Å². The lowest BCUT2D eigenvalue weighted by atomic mass is 9.94. The monoisotopic (exact) mass is 384 g/mol. The molecule has 0 saturated carbocycles. The molecule has 28 heavy (non-hydrogen) atoms. The van der Waals surface area contributed by atoms with Crippen molar-refractivity contribution in [2.24, 2.45) is 5.41 Å². The Labute approximate surface area is 167 Å². The fourth-order valence-corrected chi connectivity index (χ4v) is 3.93. The van der Waals surface area contributed by atoms with E-state index in [2.05, 4.69) is 49.0 Å². The van der Waals surface area contributed by atoms with Crippen molar-refractivity contribution in [2.75, 3.05) is 26.7 Å². The summed E-state index contributed by atoms with van der Waals surface area (Å²) in [6.07, 6.45) is 0.206. The number of hydrogen-bond donors (Lipinski definition) is 2. The van der Waals surface area contributed by atoms with E-state index in [0.717, 1.165) is 24.3 Å². The zero-order valence-electron chi connectivity index (χ0n) is 17.6. The highest BCUT2D eigenvalue weighted by molar-refractivity contribution is 5.89. The van der Waals surface area contributed by atoms with E-state index in [1.165, 1.54) is 10.9 Å². The molecule has 0 bridgehead atoms. The Bertz CT molecular complexity index is 865. The number of benzene rings is 1. The number of carbonyl (C=O) groups is 2. The average molecular weight is 385 g/mol. The molecule has 2 N–H and O–H groups in total. The van der Waals surface area contributed by atoms with Gasteiger partial charge < -0.3 is 15.2 Å². The summed E-state index contributed by atoms with van der Waals surface area (Å²) in [5.74, 6) is -0.0574. The smallest absolute Gasteiger partial charge is 0.237 e. The van der Waals surface area contributed by atoms with Gasteiger partial charge in [0, 0.05) is 43.3 Å². The summed E-state index contributed by atoms with van der Waals surface area (Å²) in [5.41, 5.74) is 3.36. The summed E-state index contributed by atoms with van der Waals surface area (Å²) in [5, 5.41) is 4.09. The summed E-state index contributed by atoms with van der Waals surface area (Å²) in [4.78, 5) is 32.6. The van der Waals surface area contributed by atoms with Crippen LogP contribution in [0.15, 0.2) is 24.3 Å². The highest BCUT2D eigenvalue weighted by Crippen LogP contribution is 2.23. The molecule has 152 valence electrons. The molecular weight excluding hydrogens is 352 g/mol. The van der Waals surface area contributed by atoms with Crippen molar-refractivity contribution in [1.29, 1.82) is 0 Å². The molecule has 0 spiro atoms. The minimum Gasteiger partial charge on any atom is -0.357 e. The molecule has 0 radical (unpaired) electrons. The Hall–Kier alpha value is -2.34. The van der Waals surface area contributed by atoms with E-state index in [4.69, 9.17) is 0 Å². The van der Waals surface area contributed by atoms with Gasteiger partial charge in [-0.2, -0.15) is 0 Å². The molecule has 0 unspecified atom stereocenters. The van der Waals surface area contributed by atoms with Gasteiger partial charge in [0.25, 0.3) is 0 Å². The van der Waals surface area contributed by atoms with Crippen molar-refractivity contribution in [2.45, 2.75) is 46.7 Å². The van der Waals surface area contributed by atoms with Crippen LogP contribution in [0, 0.1) is 12.3 Å². The molecule has 1 fully saturated rings. The van der Waals surface area contributed by atoms with Crippen molar-refractivity contribution in [3.63, 3.8) is 0 Å². The first kappa shape index (κ1) is 20.4. The zero-order valence-corrected chi connectivity index (χ0v) is 17.6. The number of hydrogen-bond acceptors (Lipinski definition) is 3. The van der Waals surface area contributed by atoms with Crippen molar-refractivity contribution in [3.05, 3.63) is 35.5 Å². The molecule has 1 atom stereocenters. The van der Waals surface area contributed by atoms with E-state index in [9.17, 15) is 9.59 Å². The summed E-state index contributed by atoms with van der Waals surface area (Å²) in [6.45, 7) is 11.3. The predicted molar refractivity (Wildman–Crippen MR) is 112 cm³/mol. The van der Waals surface area contributed by atoms with Gasteiger partial charge in [-0.25, -0.2) is 0 Å². The molecule has 6 nitrogen and oxygen atoms in total. The molecule has 1 saturated heterocycles. The van der Waals surface area contributed by atoms with Gasteiger partial charge in [-0.05, 0) is 24.0 Å². The Morgan fingerprint density at radius 1 is 1.29 bits per heavy atom. The van der Waals surface area contributed by atoms with Crippen LogP contribution >= 0.6 is 0 Å². The number of carbonyl (C=O) groups excluding carboxylic acids is 2. The lowest BCUT2D eigenvalue weighted by molar-refractivity contribution is -0.138. The number of nitrogens with one attached hydrogen (secondary N) is 2. The second-order valence-corrected chi connectivity index (χ2v) is 9.07. The van der Waals surface area contributed by atoms with Gasteiger partial charge in [0.2, 0.25) is 11.8 Å². The molecule has 2 heterocycles. The molecule has 1 aromatic heterocycles. The maximum atomic E-state index is 12.9. The number of amides is 2. The van der Waals surface area contributed by atoms with Gasteiger partial charge in [0.05, 0.1) is 19.0 Å². The molecule has 1 aromatic carbocycles. The fraction of sp³-hybridized carbons (Fsp3) is 0.545. The Morgan fingerprint density at radius 2 is 2.00 bits per heavy atom. The van der Waals surface area contributed by atoms with Crippen LogP contribution in [0.3, 0.4) is 0 Å². The minimum absolute atomic E-state index is 0.0148. The normalized spacial score (nSPS) is 18.3. The van der Waals surface area contributed by atoms with Crippen LogP contribution in [0.1, 0.15) is 38.4 Å². The van der Waals surface area contributed by atoms with E-state index < -0.39 is 6.04 Å². The summed E-state index contributed by atoms with van der Waals surface area (Å²) >= 11 is 0.